The lowest BCUT2D eigenvalue weighted by Crippen LogP contribution is -2.37. The molecule has 114 valence electrons. The number of rotatable bonds is 7. The van der Waals surface area contributed by atoms with E-state index in [-0.39, 0.29) is 12.5 Å². The van der Waals surface area contributed by atoms with Gasteiger partial charge in [0, 0.05) is 18.5 Å². The second-order valence-corrected chi connectivity index (χ2v) is 4.26. The highest BCUT2D eigenvalue weighted by molar-refractivity contribution is 5.98. The Labute approximate surface area is 121 Å². The van der Waals surface area contributed by atoms with E-state index in [1.165, 1.54) is 13.2 Å². The summed E-state index contributed by atoms with van der Waals surface area (Å²) >= 11 is 0. The van der Waals surface area contributed by atoms with Crippen LogP contribution in [0.1, 0.15) is 6.42 Å². The third kappa shape index (κ3) is 6.02. The van der Waals surface area contributed by atoms with Crippen molar-refractivity contribution in [3.63, 3.8) is 0 Å². The molecule has 8 heteroatoms. The predicted octanol–water partition coefficient (Wildman–Crippen LogP) is 0.0120. The quantitative estimate of drug-likeness (QED) is 0.560. The van der Waals surface area contributed by atoms with Gasteiger partial charge >= 0.3 is 5.97 Å². The zero-order valence-electron chi connectivity index (χ0n) is 11.5. The highest BCUT2D eigenvalue weighted by Crippen LogP contribution is 2.15. The Bertz CT molecular complexity index is 532. The van der Waals surface area contributed by atoms with Crippen LogP contribution in [-0.4, -0.2) is 42.6 Å². The third-order valence-electron chi connectivity index (χ3n) is 2.42. The largest absolute Gasteiger partial charge is 0.481 e. The van der Waals surface area contributed by atoms with Crippen LogP contribution in [0.15, 0.2) is 24.3 Å². The van der Waals surface area contributed by atoms with Gasteiger partial charge in [-0.3, -0.25) is 14.4 Å². The van der Waals surface area contributed by atoms with Crippen molar-refractivity contribution in [3.8, 4) is 0 Å². The maximum atomic E-state index is 11.7. The van der Waals surface area contributed by atoms with Crippen LogP contribution in [0, 0.1) is 0 Å². The van der Waals surface area contributed by atoms with Crippen molar-refractivity contribution >= 4 is 29.2 Å². The first-order valence-electron chi connectivity index (χ1n) is 6.09. The number of ether oxygens (including phenoxy) is 1. The molecule has 1 aromatic rings. The summed E-state index contributed by atoms with van der Waals surface area (Å²) in [5.41, 5.74) is 6.32. The first kappa shape index (κ1) is 16.6. The summed E-state index contributed by atoms with van der Waals surface area (Å²) in [5, 5.41) is 13.6. The van der Waals surface area contributed by atoms with Crippen molar-refractivity contribution in [1.29, 1.82) is 0 Å². The lowest BCUT2D eigenvalue weighted by atomic mass is 10.2. The molecule has 0 aromatic heterocycles. The van der Waals surface area contributed by atoms with Gasteiger partial charge in [-0.1, -0.05) is 6.07 Å². The van der Waals surface area contributed by atoms with E-state index in [2.05, 4.69) is 15.4 Å². The molecule has 0 bridgehead atoms. The Morgan fingerprint density at radius 3 is 2.48 bits per heavy atom. The van der Waals surface area contributed by atoms with Crippen molar-refractivity contribution in [2.24, 2.45) is 5.73 Å². The van der Waals surface area contributed by atoms with Gasteiger partial charge in [0.25, 0.3) is 0 Å². The minimum atomic E-state index is -1.15. The summed E-state index contributed by atoms with van der Waals surface area (Å²) in [6.45, 7) is -0.0833. The highest BCUT2D eigenvalue weighted by atomic mass is 16.5. The maximum Gasteiger partial charge on any atom is 0.305 e. The average Bonchev–Trinajstić information content (AvgIpc) is 2.38. The van der Waals surface area contributed by atoms with Crippen LogP contribution in [-0.2, 0) is 19.1 Å². The number of nitrogens with one attached hydrogen (secondary N) is 2. The molecule has 8 nitrogen and oxygen atoms in total. The van der Waals surface area contributed by atoms with E-state index in [4.69, 9.17) is 10.8 Å². The van der Waals surface area contributed by atoms with Gasteiger partial charge in [-0.2, -0.15) is 0 Å². The van der Waals surface area contributed by atoms with Crippen LogP contribution in [0.4, 0.5) is 11.4 Å². The Kier molecular flexibility index (Phi) is 6.31. The normalized spacial score (nSPS) is 11.5. The first-order valence-corrected chi connectivity index (χ1v) is 6.09. The van der Waals surface area contributed by atoms with Crippen LogP contribution in [0.2, 0.25) is 0 Å². The van der Waals surface area contributed by atoms with Gasteiger partial charge < -0.3 is 26.2 Å². The summed E-state index contributed by atoms with van der Waals surface area (Å²) in [6.07, 6.45) is -0.462. The number of carbonyl (C=O) groups is 3. The number of carboxylic acids is 1. The SMILES string of the molecule is COCC(=O)Nc1cccc(NC(=O)C(N)CC(=O)O)c1. The maximum absolute atomic E-state index is 11.7. The van der Waals surface area contributed by atoms with E-state index in [1.54, 1.807) is 18.2 Å². The number of hydrogen-bond donors (Lipinski definition) is 4. The first-order chi connectivity index (χ1) is 9.92. The van der Waals surface area contributed by atoms with Crippen LogP contribution < -0.4 is 16.4 Å². The molecule has 0 radical (unpaired) electrons. The van der Waals surface area contributed by atoms with Gasteiger partial charge in [0.1, 0.15) is 6.61 Å². The van der Waals surface area contributed by atoms with E-state index in [0.717, 1.165) is 0 Å². The van der Waals surface area contributed by atoms with E-state index in [1.807, 2.05) is 0 Å². The van der Waals surface area contributed by atoms with Crippen molar-refractivity contribution in [1.82, 2.24) is 0 Å². The number of methoxy groups -OCH3 is 1. The fourth-order valence-electron chi connectivity index (χ4n) is 1.52. The van der Waals surface area contributed by atoms with Gasteiger partial charge in [-0.05, 0) is 18.2 Å². The van der Waals surface area contributed by atoms with Crippen molar-refractivity contribution in [2.45, 2.75) is 12.5 Å². The molecule has 0 aliphatic heterocycles. The minimum absolute atomic E-state index is 0.0833. The van der Waals surface area contributed by atoms with E-state index < -0.39 is 24.3 Å². The molecule has 1 rings (SSSR count). The lowest BCUT2D eigenvalue weighted by molar-refractivity contribution is -0.138. The van der Waals surface area contributed by atoms with E-state index in [0.29, 0.717) is 11.4 Å². The molecule has 0 saturated carbocycles. The smallest absolute Gasteiger partial charge is 0.305 e. The number of nitrogens with two attached hydrogens (primary N) is 1. The van der Waals surface area contributed by atoms with E-state index in [9.17, 15) is 14.4 Å². The molecule has 0 aliphatic rings. The summed E-state index contributed by atoms with van der Waals surface area (Å²) in [6, 6.07) is 5.24. The predicted molar refractivity (Wildman–Crippen MR) is 75.8 cm³/mol. The fourth-order valence-corrected chi connectivity index (χ4v) is 1.52. The summed E-state index contributed by atoms with van der Waals surface area (Å²) in [5.74, 6) is -2.10. The number of aliphatic carboxylic acids is 1. The standard InChI is InChI=1S/C13H17N3O5/c1-21-7-11(17)15-8-3-2-4-9(5-8)16-13(20)10(14)6-12(18)19/h2-5,10H,6-7,14H2,1H3,(H,15,17)(H,16,20)(H,18,19). The highest BCUT2D eigenvalue weighted by Gasteiger charge is 2.17. The molecule has 1 atom stereocenters. The van der Waals surface area contributed by atoms with E-state index >= 15 is 0 Å². The van der Waals surface area contributed by atoms with Crippen LogP contribution in [0.5, 0.6) is 0 Å². The fraction of sp³-hybridized carbons (Fsp3) is 0.308. The van der Waals surface area contributed by atoms with Gasteiger partial charge in [0.15, 0.2) is 0 Å². The zero-order chi connectivity index (χ0) is 15.8. The van der Waals surface area contributed by atoms with Gasteiger partial charge in [0.05, 0.1) is 12.5 Å². The molecule has 0 saturated heterocycles. The molecule has 21 heavy (non-hydrogen) atoms. The second-order valence-electron chi connectivity index (χ2n) is 4.26. The summed E-state index contributed by atoms with van der Waals surface area (Å²) in [4.78, 5) is 33.5. The zero-order valence-corrected chi connectivity index (χ0v) is 11.5. The number of hydrogen-bond acceptors (Lipinski definition) is 5. The monoisotopic (exact) mass is 295 g/mol. The van der Waals surface area contributed by atoms with Gasteiger partial charge in [0.2, 0.25) is 11.8 Å². The van der Waals surface area contributed by atoms with Crippen LogP contribution in [0.25, 0.3) is 0 Å². The van der Waals surface area contributed by atoms with Crippen LogP contribution in [0.3, 0.4) is 0 Å². The number of amides is 2. The molecule has 0 heterocycles. The molecule has 2 amide bonds. The Morgan fingerprint density at radius 1 is 1.29 bits per heavy atom. The number of anilines is 2. The topological polar surface area (TPSA) is 131 Å². The Morgan fingerprint density at radius 2 is 1.90 bits per heavy atom. The Hall–Kier alpha value is -2.45. The van der Waals surface area contributed by atoms with Crippen molar-refractivity contribution in [2.75, 3.05) is 24.4 Å². The van der Waals surface area contributed by atoms with Gasteiger partial charge in [-0.15, -0.1) is 0 Å². The molecule has 0 fully saturated rings. The number of benzene rings is 1. The molecule has 1 unspecified atom stereocenters. The molecule has 5 N–H and O–H groups in total. The van der Waals surface area contributed by atoms with Crippen molar-refractivity contribution in [3.05, 3.63) is 24.3 Å². The third-order valence-corrected chi connectivity index (χ3v) is 2.42. The number of carboxylic acid groups (broad SMARTS) is 1. The minimum Gasteiger partial charge on any atom is -0.481 e. The molecular weight excluding hydrogens is 278 g/mol. The molecule has 0 spiro atoms. The average molecular weight is 295 g/mol. The van der Waals surface area contributed by atoms with Gasteiger partial charge in [-0.25, -0.2) is 0 Å². The van der Waals surface area contributed by atoms with Crippen LogP contribution >= 0.6 is 0 Å². The summed E-state index contributed by atoms with van der Waals surface area (Å²) < 4.78 is 4.69. The van der Waals surface area contributed by atoms with Crippen molar-refractivity contribution < 1.29 is 24.2 Å². The molecular formula is C13H17N3O5. The number of carbonyl (C=O) groups excluding carboxylic acids is 2. The summed E-state index contributed by atoms with van der Waals surface area (Å²) in [7, 11) is 1.40. The molecule has 0 aliphatic carbocycles. The second kappa shape index (κ2) is 7.98. The molecule has 1 aromatic carbocycles. The Balaban J connectivity index is 2.65. The lowest BCUT2D eigenvalue weighted by Gasteiger charge is -2.11.